The number of anilines is 2. The maximum atomic E-state index is 13.3. The van der Waals surface area contributed by atoms with Gasteiger partial charge in [0, 0.05) is 31.9 Å². The monoisotopic (exact) mass is 447 g/mol. The summed E-state index contributed by atoms with van der Waals surface area (Å²) in [5, 5.41) is 12.3. The molecule has 33 heavy (non-hydrogen) atoms. The molecule has 172 valence electrons. The summed E-state index contributed by atoms with van der Waals surface area (Å²) in [6.07, 6.45) is 4.35. The lowest BCUT2D eigenvalue weighted by atomic mass is 9.82. The first kappa shape index (κ1) is 22.6. The predicted molar refractivity (Wildman–Crippen MR) is 127 cm³/mol. The third-order valence-electron chi connectivity index (χ3n) is 6.47. The lowest BCUT2D eigenvalue weighted by Crippen LogP contribution is -2.49. The van der Waals surface area contributed by atoms with Crippen molar-refractivity contribution >= 4 is 29.2 Å². The van der Waals surface area contributed by atoms with Crippen molar-refractivity contribution in [1.29, 1.82) is 0 Å². The van der Waals surface area contributed by atoms with E-state index in [2.05, 4.69) is 41.4 Å². The number of carboxylic acid groups (broad SMARTS) is 1. The average Bonchev–Trinajstić information content (AvgIpc) is 2.84. The van der Waals surface area contributed by atoms with E-state index in [1.165, 1.54) is 5.56 Å². The van der Waals surface area contributed by atoms with Gasteiger partial charge in [-0.3, -0.25) is 14.4 Å². The third-order valence-corrected chi connectivity index (χ3v) is 6.47. The fourth-order valence-corrected chi connectivity index (χ4v) is 4.47. The van der Waals surface area contributed by atoms with Crippen molar-refractivity contribution in [3.63, 3.8) is 0 Å². The van der Waals surface area contributed by atoms with Gasteiger partial charge >= 0.3 is 5.97 Å². The Hall–Kier alpha value is -3.61. The molecule has 2 atom stereocenters. The number of carboxylic acids is 1. The molecule has 0 saturated carbocycles. The summed E-state index contributed by atoms with van der Waals surface area (Å²) in [4.78, 5) is 41.8. The highest BCUT2D eigenvalue weighted by atomic mass is 16.4. The minimum Gasteiger partial charge on any atom is -0.481 e. The first-order valence-electron chi connectivity index (χ1n) is 11.3. The molecule has 2 aromatic carbocycles. The Bertz CT molecular complexity index is 1060. The van der Waals surface area contributed by atoms with Gasteiger partial charge in [0.2, 0.25) is 5.91 Å². The molecule has 2 amide bonds. The molecule has 1 aliphatic heterocycles. The van der Waals surface area contributed by atoms with E-state index in [-0.39, 0.29) is 11.8 Å². The van der Waals surface area contributed by atoms with Crippen molar-refractivity contribution in [2.24, 2.45) is 11.8 Å². The molecule has 0 spiro atoms. The van der Waals surface area contributed by atoms with Crippen LogP contribution >= 0.6 is 0 Å². The molecule has 1 heterocycles. The molecule has 7 nitrogen and oxygen atoms in total. The van der Waals surface area contributed by atoms with Crippen LogP contribution in [0.5, 0.6) is 0 Å². The molecule has 0 unspecified atom stereocenters. The predicted octanol–water partition coefficient (Wildman–Crippen LogP) is 3.56. The highest BCUT2D eigenvalue weighted by Crippen LogP contribution is 2.28. The normalized spacial score (nSPS) is 20.4. The molecule has 7 heteroatoms. The number of piperazine rings is 1. The van der Waals surface area contributed by atoms with Crippen LogP contribution < -0.4 is 10.2 Å². The van der Waals surface area contributed by atoms with Gasteiger partial charge in [-0.15, -0.1) is 0 Å². The van der Waals surface area contributed by atoms with Gasteiger partial charge < -0.3 is 20.2 Å². The first-order valence-corrected chi connectivity index (χ1v) is 11.3. The second-order valence-corrected chi connectivity index (χ2v) is 8.64. The topological polar surface area (TPSA) is 90.0 Å². The molecule has 2 N–H and O–H groups in total. The molecule has 2 aliphatic rings. The summed E-state index contributed by atoms with van der Waals surface area (Å²) >= 11 is 0. The van der Waals surface area contributed by atoms with Gasteiger partial charge in [0.05, 0.1) is 23.1 Å². The van der Waals surface area contributed by atoms with Crippen LogP contribution in [0.1, 0.15) is 28.8 Å². The highest BCUT2D eigenvalue weighted by Gasteiger charge is 2.34. The van der Waals surface area contributed by atoms with Crippen LogP contribution in [0.4, 0.5) is 11.4 Å². The number of hydrogen-bond donors (Lipinski definition) is 2. The fourth-order valence-electron chi connectivity index (χ4n) is 4.47. The number of amides is 2. The number of nitrogens with one attached hydrogen (secondary N) is 1. The molecule has 0 radical (unpaired) electrons. The number of nitrogens with zero attached hydrogens (tertiary/aromatic N) is 2. The van der Waals surface area contributed by atoms with E-state index < -0.39 is 17.8 Å². The lowest BCUT2D eigenvalue weighted by Gasteiger charge is -2.36. The molecule has 1 saturated heterocycles. The zero-order valence-corrected chi connectivity index (χ0v) is 18.7. The molecule has 0 aromatic heterocycles. The summed E-state index contributed by atoms with van der Waals surface area (Å²) in [6.45, 7) is 4.70. The van der Waals surface area contributed by atoms with Crippen molar-refractivity contribution in [3.8, 4) is 0 Å². The maximum Gasteiger partial charge on any atom is 0.307 e. The van der Waals surface area contributed by atoms with Crippen LogP contribution in [0.2, 0.25) is 0 Å². The van der Waals surface area contributed by atoms with E-state index in [1.54, 1.807) is 35.2 Å². The van der Waals surface area contributed by atoms with E-state index in [0.29, 0.717) is 37.2 Å². The van der Waals surface area contributed by atoms with Crippen molar-refractivity contribution in [2.75, 3.05) is 36.4 Å². The number of benzene rings is 2. The number of hydrogen-bond acceptors (Lipinski definition) is 4. The van der Waals surface area contributed by atoms with E-state index in [9.17, 15) is 19.5 Å². The number of rotatable bonds is 5. The Morgan fingerprint density at radius 2 is 1.52 bits per heavy atom. The van der Waals surface area contributed by atoms with Crippen LogP contribution in [0.15, 0.2) is 60.7 Å². The van der Waals surface area contributed by atoms with Crippen molar-refractivity contribution in [1.82, 2.24) is 4.90 Å². The zero-order chi connectivity index (χ0) is 23.4. The molecule has 1 fully saturated rings. The van der Waals surface area contributed by atoms with E-state index in [4.69, 9.17) is 0 Å². The number of allylic oxidation sites excluding steroid dienone is 2. The third kappa shape index (κ3) is 5.08. The molecular formula is C26H29N3O4. The first-order chi connectivity index (χ1) is 15.9. The molecule has 1 aliphatic carbocycles. The standard InChI is InChI=1S/C26H29N3O4/c1-18-10-12-19(13-11-18)28-14-16-29(17-15-28)25(31)22-8-4-5-9-23(22)27-24(30)20-6-2-3-7-21(20)26(32)33/h2-5,8-13,20-21H,6-7,14-17H2,1H3,(H,27,30)(H,32,33)/t20-,21-/m0/s1. The Morgan fingerprint density at radius 1 is 0.879 bits per heavy atom. The number of aryl methyl sites for hydroxylation is 1. The quantitative estimate of drug-likeness (QED) is 0.684. The van der Waals surface area contributed by atoms with Crippen molar-refractivity contribution < 1.29 is 19.5 Å². The van der Waals surface area contributed by atoms with Gasteiger partial charge in [0.15, 0.2) is 0 Å². The molecular weight excluding hydrogens is 418 g/mol. The summed E-state index contributed by atoms with van der Waals surface area (Å²) in [6, 6.07) is 15.3. The molecule has 2 aromatic rings. The van der Waals surface area contributed by atoms with Gasteiger partial charge in [-0.05, 0) is 44.0 Å². The van der Waals surface area contributed by atoms with Crippen LogP contribution in [-0.4, -0.2) is 54.0 Å². The Morgan fingerprint density at radius 3 is 2.18 bits per heavy atom. The lowest BCUT2D eigenvalue weighted by molar-refractivity contribution is -0.146. The second-order valence-electron chi connectivity index (χ2n) is 8.64. The van der Waals surface area contributed by atoms with Gasteiger partial charge in [-0.1, -0.05) is 42.0 Å². The molecule has 0 bridgehead atoms. The number of aliphatic carboxylic acids is 1. The Balaban J connectivity index is 1.43. The van der Waals surface area contributed by atoms with Crippen LogP contribution in [0.25, 0.3) is 0 Å². The van der Waals surface area contributed by atoms with Gasteiger partial charge in [-0.25, -0.2) is 0 Å². The van der Waals surface area contributed by atoms with Crippen molar-refractivity contribution in [2.45, 2.75) is 19.8 Å². The summed E-state index contributed by atoms with van der Waals surface area (Å²) in [7, 11) is 0. The Kier molecular flexibility index (Phi) is 6.77. The summed E-state index contributed by atoms with van der Waals surface area (Å²) < 4.78 is 0. The number of carbonyl (C=O) groups excluding carboxylic acids is 2. The zero-order valence-electron chi connectivity index (χ0n) is 18.7. The van der Waals surface area contributed by atoms with Crippen molar-refractivity contribution in [3.05, 3.63) is 71.8 Å². The maximum absolute atomic E-state index is 13.3. The number of para-hydroxylation sites is 1. The number of carbonyl (C=O) groups is 3. The molecule has 4 rings (SSSR count). The SMILES string of the molecule is Cc1ccc(N2CCN(C(=O)c3ccccc3NC(=O)[C@H]3CC=CC[C@@H]3C(=O)O)CC2)cc1. The van der Waals surface area contributed by atoms with Crippen LogP contribution in [-0.2, 0) is 9.59 Å². The van der Waals surface area contributed by atoms with Gasteiger partial charge in [0.1, 0.15) is 0 Å². The summed E-state index contributed by atoms with van der Waals surface area (Å²) in [5.74, 6) is -2.89. The van der Waals surface area contributed by atoms with E-state index >= 15 is 0 Å². The largest absolute Gasteiger partial charge is 0.481 e. The van der Waals surface area contributed by atoms with Gasteiger partial charge in [0.25, 0.3) is 5.91 Å². The second kappa shape index (κ2) is 9.90. The Labute approximate surface area is 193 Å². The smallest absolute Gasteiger partial charge is 0.307 e. The van der Waals surface area contributed by atoms with E-state index in [0.717, 1.165) is 18.8 Å². The van der Waals surface area contributed by atoms with Crippen LogP contribution in [0.3, 0.4) is 0 Å². The van der Waals surface area contributed by atoms with E-state index in [1.807, 2.05) is 6.08 Å². The minimum absolute atomic E-state index is 0.132. The average molecular weight is 448 g/mol. The summed E-state index contributed by atoms with van der Waals surface area (Å²) in [5.41, 5.74) is 3.21. The minimum atomic E-state index is -0.977. The van der Waals surface area contributed by atoms with Gasteiger partial charge in [-0.2, -0.15) is 0 Å². The highest BCUT2D eigenvalue weighted by molar-refractivity contribution is 6.04. The van der Waals surface area contributed by atoms with Crippen LogP contribution in [0, 0.1) is 18.8 Å². The fraction of sp³-hybridized carbons (Fsp3) is 0.346.